The van der Waals surface area contributed by atoms with Gasteiger partial charge in [0, 0.05) is 16.4 Å². The first-order valence-electron chi connectivity index (χ1n) is 4.34. The van der Waals surface area contributed by atoms with Crippen molar-refractivity contribution in [2.45, 2.75) is 11.8 Å². The van der Waals surface area contributed by atoms with E-state index >= 15 is 0 Å². The molecule has 0 aliphatic rings. The van der Waals surface area contributed by atoms with Crippen molar-refractivity contribution in [3.63, 3.8) is 0 Å². The number of rotatable bonds is 3. The van der Waals surface area contributed by atoms with E-state index in [1.54, 1.807) is 0 Å². The zero-order chi connectivity index (χ0) is 13.3. The summed E-state index contributed by atoms with van der Waals surface area (Å²) in [4.78, 5) is 0.179. The Kier molecular flexibility index (Phi) is 4.71. The third kappa shape index (κ3) is 3.99. The molecule has 0 aromatic heterocycles. The molecule has 1 atom stereocenters. The highest BCUT2D eigenvalue weighted by molar-refractivity contribution is 8.17. The monoisotopic (exact) mass is 335 g/mol. The summed E-state index contributed by atoms with van der Waals surface area (Å²) in [7, 11) is -2.38. The van der Waals surface area contributed by atoms with Crippen LogP contribution in [0.1, 0.15) is 6.92 Å². The van der Waals surface area contributed by atoms with Crippen LogP contribution in [-0.4, -0.2) is 18.4 Å². The number of benzene rings is 1. The Labute approximate surface area is 115 Å². The van der Waals surface area contributed by atoms with Crippen LogP contribution in [0.3, 0.4) is 0 Å². The summed E-state index contributed by atoms with van der Waals surface area (Å²) < 4.78 is 37.2. The van der Waals surface area contributed by atoms with Gasteiger partial charge in [-0.25, -0.2) is 4.21 Å². The van der Waals surface area contributed by atoms with Crippen molar-refractivity contribution in [3.05, 3.63) is 28.2 Å². The zero-order valence-electron chi connectivity index (χ0n) is 8.56. The fourth-order valence-electron chi connectivity index (χ4n) is 1.08. The van der Waals surface area contributed by atoms with Crippen molar-refractivity contribution in [1.82, 2.24) is 0 Å². The molecule has 0 saturated heterocycles. The maximum absolute atomic E-state index is 12.3. The molecule has 0 heterocycles. The van der Waals surface area contributed by atoms with Crippen molar-refractivity contribution in [2.75, 3.05) is 5.75 Å². The third-order valence-electron chi connectivity index (χ3n) is 1.86. The van der Waals surface area contributed by atoms with Gasteiger partial charge in [-0.05, 0) is 18.2 Å². The van der Waals surface area contributed by atoms with E-state index < -0.39 is 19.0 Å². The molecule has 1 aromatic rings. The molecule has 0 bridgehead atoms. The maximum atomic E-state index is 12.3. The molecule has 0 saturated carbocycles. The lowest BCUT2D eigenvalue weighted by Crippen LogP contribution is -2.06. The Morgan fingerprint density at radius 3 is 2.18 bits per heavy atom. The molecule has 0 aliphatic heterocycles. The molecule has 0 amide bonds. The van der Waals surface area contributed by atoms with Crippen LogP contribution < -0.4 is 0 Å². The number of hydrogen-bond donors (Lipinski definition) is 0. The van der Waals surface area contributed by atoms with Crippen LogP contribution in [0.25, 0.3) is 0 Å². The predicted molar refractivity (Wildman–Crippen MR) is 70.6 cm³/mol. The highest BCUT2D eigenvalue weighted by Gasteiger charge is 2.16. The van der Waals surface area contributed by atoms with Gasteiger partial charge in [0.05, 0.1) is 24.7 Å². The Morgan fingerprint density at radius 1 is 1.18 bits per heavy atom. The lowest BCUT2D eigenvalue weighted by molar-refractivity contribution is 0.611. The van der Waals surface area contributed by atoms with Gasteiger partial charge in [0.25, 0.3) is 0 Å². The molecule has 1 aromatic carbocycles. The second-order valence-corrected chi connectivity index (χ2v) is 8.73. The minimum absolute atomic E-state index is 0.00306. The van der Waals surface area contributed by atoms with Crippen molar-refractivity contribution in [1.29, 1.82) is 0 Å². The van der Waals surface area contributed by atoms with E-state index in [9.17, 15) is 12.6 Å². The molecular weight excluding hydrogens is 329 g/mol. The first-order chi connectivity index (χ1) is 7.68. The normalized spacial score (nSPS) is 15.3. The second-order valence-electron chi connectivity index (χ2n) is 2.99. The van der Waals surface area contributed by atoms with Crippen molar-refractivity contribution in [3.8, 4) is 0 Å². The van der Waals surface area contributed by atoms with E-state index in [0.717, 1.165) is 0 Å². The average Bonchev–Trinajstić information content (AvgIpc) is 2.19. The standard InChI is InChI=1S/C8H8Cl3NO3S2/c1-2-16(13,12-17(11,14)15)6-3-4-7(9)8(10)5-6/h3-5H,2H2,1H3. The van der Waals surface area contributed by atoms with E-state index in [2.05, 4.69) is 3.77 Å². The van der Waals surface area contributed by atoms with Gasteiger partial charge in [-0.2, -0.15) is 8.42 Å². The maximum Gasteiger partial charge on any atom is 0.347 e. The van der Waals surface area contributed by atoms with E-state index in [-0.39, 0.29) is 20.7 Å². The lowest BCUT2D eigenvalue weighted by Gasteiger charge is -2.07. The van der Waals surface area contributed by atoms with Crippen LogP contribution in [0.5, 0.6) is 0 Å². The minimum atomic E-state index is -4.22. The second kappa shape index (κ2) is 5.32. The topological polar surface area (TPSA) is 63.6 Å². The van der Waals surface area contributed by atoms with Crippen LogP contribution in [0.2, 0.25) is 10.0 Å². The summed E-state index contributed by atoms with van der Waals surface area (Å²) >= 11 is 11.5. The molecule has 0 aliphatic carbocycles. The smallest absolute Gasteiger partial charge is 0.244 e. The van der Waals surface area contributed by atoms with Crippen LogP contribution in [0.4, 0.5) is 0 Å². The van der Waals surface area contributed by atoms with Crippen molar-refractivity contribution in [2.24, 2.45) is 3.77 Å². The predicted octanol–water partition coefficient (Wildman–Crippen LogP) is 3.32. The Morgan fingerprint density at radius 2 is 1.76 bits per heavy atom. The van der Waals surface area contributed by atoms with Crippen LogP contribution >= 0.6 is 33.9 Å². The molecule has 17 heavy (non-hydrogen) atoms. The van der Waals surface area contributed by atoms with Gasteiger partial charge in [0.1, 0.15) is 0 Å². The Balaban J connectivity index is 3.53. The molecular formula is C8H8Cl3NO3S2. The summed E-state index contributed by atoms with van der Waals surface area (Å²) in [6, 6.07) is 4.15. The lowest BCUT2D eigenvalue weighted by atomic mass is 10.4. The molecule has 0 spiro atoms. The number of halogens is 3. The Hall–Kier alpha value is -0.0100. The summed E-state index contributed by atoms with van der Waals surface area (Å²) in [5, 5.41) is 0.453. The van der Waals surface area contributed by atoms with Crippen molar-refractivity contribution < 1.29 is 12.6 Å². The minimum Gasteiger partial charge on any atom is -0.244 e. The molecule has 0 radical (unpaired) electrons. The van der Waals surface area contributed by atoms with E-state index in [1.165, 1.54) is 25.1 Å². The van der Waals surface area contributed by atoms with Crippen LogP contribution in [0, 0.1) is 0 Å². The molecule has 9 heteroatoms. The highest BCUT2D eigenvalue weighted by atomic mass is 35.7. The molecule has 1 unspecified atom stereocenters. The van der Waals surface area contributed by atoms with Gasteiger partial charge < -0.3 is 0 Å². The SMILES string of the molecule is CCS(=O)(=NS(=O)(=O)Cl)c1ccc(Cl)c(Cl)c1. The summed E-state index contributed by atoms with van der Waals surface area (Å²) in [5.41, 5.74) is 0. The zero-order valence-corrected chi connectivity index (χ0v) is 12.5. The molecule has 96 valence electrons. The van der Waals surface area contributed by atoms with Gasteiger partial charge in [-0.3, -0.25) is 0 Å². The first kappa shape index (κ1) is 15.0. The largest absolute Gasteiger partial charge is 0.347 e. The summed E-state index contributed by atoms with van der Waals surface area (Å²) in [5.74, 6) is -0.00306. The van der Waals surface area contributed by atoms with Crippen molar-refractivity contribution >= 4 is 52.9 Å². The number of nitrogens with zero attached hydrogens (tertiary/aromatic N) is 1. The van der Waals surface area contributed by atoms with Gasteiger partial charge in [-0.15, -0.1) is 0 Å². The summed E-state index contributed by atoms with van der Waals surface area (Å²) in [6.45, 7) is 1.54. The first-order valence-corrected chi connectivity index (χ1v) is 9.04. The molecule has 0 fully saturated rings. The molecule has 1 rings (SSSR count). The number of hydrogen-bond acceptors (Lipinski definition) is 3. The van der Waals surface area contributed by atoms with Gasteiger partial charge >= 0.3 is 9.24 Å². The van der Waals surface area contributed by atoms with E-state index in [1.807, 2.05) is 0 Å². The average molecular weight is 337 g/mol. The van der Waals surface area contributed by atoms with Gasteiger partial charge in [0.2, 0.25) is 0 Å². The molecule has 0 N–H and O–H groups in total. The Bertz CT molecular complexity index is 648. The van der Waals surface area contributed by atoms with E-state index in [4.69, 9.17) is 33.9 Å². The van der Waals surface area contributed by atoms with Gasteiger partial charge in [0.15, 0.2) is 0 Å². The fourth-order valence-corrected chi connectivity index (χ4v) is 5.10. The van der Waals surface area contributed by atoms with Gasteiger partial charge in [-0.1, -0.05) is 33.9 Å². The molecule has 4 nitrogen and oxygen atoms in total. The van der Waals surface area contributed by atoms with E-state index in [0.29, 0.717) is 0 Å². The highest BCUT2D eigenvalue weighted by Crippen LogP contribution is 2.27. The van der Waals surface area contributed by atoms with Crippen LogP contribution in [0.15, 0.2) is 26.9 Å². The fraction of sp³-hybridized carbons (Fsp3) is 0.250. The quantitative estimate of drug-likeness (QED) is 0.795. The summed E-state index contributed by atoms with van der Waals surface area (Å²) in [6.07, 6.45) is 0. The van der Waals surface area contributed by atoms with Crippen LogP contribution in [-0.2, 0) is 19.0 Å². The third-order valence-corrected chi connectivity index (χ3v) is 6.55.